The van der Waals surface area contributed by atoms with Crippen LogP contribution >= 0.6 is 0 Å². The Hall–Kier alpha value is -1.36. The monoisotopic (exact) mass is 155 g/mol. The molecule has 5 heteroatoms. The molecule has 0 spiro atoms. The van der Waals surface area contributed by atoms with Crippen molar-refractivity contribution < 1.29 is 10.3 Å². The molecule has 1 aromatic heterocycles. The summed E-state index contributed by atoms with van der Waals surface area (Å²) in [7, 11) is 0. The molecule has 0 aliphatic rings. The molecule has 60 valence electrons. The molecule has 1 rings (SSSR count). The zero-order valence-corrected chi connectivity index (χ0v) is 6.29. The van der Waals surface area contributed by atoms with Crippen LogP contribution in [0.2, 0.25) is 0 Å². The Morgan fingerprint density at radius 2 is 1.91 bits per heavy atom. The van der Waals surface area contributed by atoms with Gasteiger partial charge in [-0.1, -0.05) is 0 Å². The Morgan fingerprint density at radius 3 is 2.45 bits per heavy atom. The maximum absolute atomic E-state index is 9.17. The maximum Gasteiger partial charge on any atom is 0.196 e. The fraction of sp³-hybridized carbons (Fsp3) is 0.333. The number of aromatic hydroxyl groups is 1. The van der Waals surface area contributed by atoms with Gasteiger partial charge in [-0.3, -0.25) is 5.21 Å². The Bertz CT molecular complexity index is 275. The van der Waals surface area contributed by atoms with E-state index in [9.17, 15) is 5.11 Å². The van der Waals surface area contributed by atoms with Gasteiger partial charge >= 0.3 is 0 Å². The maximum atomic E-state index is 9.17. The van der Waals surface area contributed by atoms with Crippen molar-refractivity contribution in [1.82, 2.24) is 9.97 Å². The van der Waals surface area contributed by atoms with E-state index in [4.69, 9.17) is 5.21 Å². The van der Waals surface area contributed by atoms with Gasteiger partial charge < -0.3 is 5.11 Å². The van der Waals surface area contributed by atoms with Crippen LogP contribution in [0.3, 0.4) is 0 Å². The predicted molar refractivity (Wildman–Crippen MR) is 38.6 cm³/mol. The molecule has 3 N–H and O–H groups in total. The van der Waals surface area contributed by atoms with E-state index in [1.165, 1.54) is 0 Å². The zero-order valence-electron chi connectivity index (χ0n) is 6.29. The lowest BCUT2D eigenvalue weighted by Gasteiger charge is -2.03. The Morgan fingerprint density at radius 1 is 1.27 bits per heavy atom. The fourth-order valence-electron chi connectivity index (χ4n) is 0.785. The summed E-state index contributed by atoms with van der Waals surface area (Å²) in [6.45, 7) is 3.30. The van der Waals surface area contributed by atoms with Crippen LogP contribution in [0.4, 0.5) is 5.82 Å². The highest BCUT2D eigenvalue weighted by molar-refractivity contribution is 5.49. The molecule has 0 amide bonds. The molecule has 1 aromatic rings. The standard InChI is InChI=1S/C6H9N3O2/c1-3-5(10)6(9-11)8-4(2)7-3/h10-11H,1-2H3,(H,7,8,9). The molecule has 0 unspecified atom stereocenters. The fourth-order valence-corrected chi connectivity index (χ4v) is 0.785. The number of nitrogens with zero attached hydrogens (tertiary/aromatic N) is 2. The normalized spacial score (nSPS) is 9.73. The molecule has 5 nitrogen and oxygen atoms in total. The lowest BCUT2D eigenvalue weighted by atomic mass is 10.4. The smallest absolute Gasteiger partial charge is 0.196 e. The first-order valence-electron chi connectivity index (χ1n) is 3.09. The molecule has 0 bridgehead atoms. The van der Waals surface area contributed by atoms with Crippen molar-refractivity contribution in [1.29, 1.82) is 0 Å². The van der Waals surface area contributed by atoms with Crippen LogP contribution in [0.15, 0.2) is 0 Å². The van der Waals surface area contributed by atoms with Gasteiger partial charge in [-0.15, -0.1) is 0 Å². The number of hydrogen-bond donors (Lipinski definition) is 3. The number of rotatable bonds is 1. The molecule has 0 aliphatic heterocycles. The van der Waals surface area contributed by atoms with E-state index >= 15 is 0 Å². The minimum atomic E-state index is -0.127. The molecular weight excluding hydrogens is 146 g/mol. The van der Waals surface area contributed by atoms with Gasteiger partial charge in [0.25, 0.3) is 0 Å². The predicted octanol–water partition coefficient (Wildman–Crippen LogP) is 0.600. The zero-order chi connectivity index (χ0) is 8.43. The van der Waals surface area contributed by atoms with Gasteiger partial charge in [0.15, 0.2) is 11.6 Å². The molecule has 0 fully saturated rings. The summed E-state index contributed by atoms with van der Waals surface area (Å²) in [6, 6.07) is 0. The summed E-state index contributed by atoms with van der Waals surface area (Å²) in [5.41, 5.74) is 2.21. The number of hydrogen-bond acceptors (Lipinski definition) is 5. The van der Waals surface area contributed by atoms with E-state index in [-0.39, 0.29) is 11.6 Å². The van der Waals surface area contributed by atoms with Crippen molar-refractivity contribution in [3.63, 3.8) is 0 Å². The van der Waals surface area contributed by atoms with E-state index in [0.717, 1.165) is 0 Å². The second-order valence-electron chi connectivity index (χ2n) is 2.17. The van der Waals surface area contributed by atoms with Gasteiger partial charge in [0, 0.05) is 0 Å². The lowest BCUT2D eigenvalue weighted by molar-refractivity contribution is 0.375. The average molecular weight is 155 g/mol. The topological polar surface area (TPSA) is 78.3 Å². The third kappa shape index (κ3) is 1.38. The number of nitrogens with one attached hydrogen (secondary N) is 1. The first kappa shape index (κ1) is 7.74. The van der Waals surface area contributed by atoms with Crippen LogP contribution in [0, 0.1) is 13.8 Å². The highest BCUT2D eigenvalue weighted by Crippen LogP contribution is 2.22. The van der Waals surface area contributed by atoms with Crippen molar-refractivity contribution >= 4 is 5.82 Å². The van der Waals surface area contributed by atoms with Crippen LogP contribution in [0.1, 0.15) is 11.5 Å². The summed E-state index contributed by atoms with van der Waals surface area (Å²) >= 11 is 0. The summed E-state index contributed by atoms with van der Waals surface area (Å²) in [6.07, 6.45) is 0. The Kier molecular flexibility index (Phi) is 1.91. The first-order chi connectivity index (χ1) is 5.15. The van der Waals surface area contributed by atoms with E-state index in [1.54, 1.807) is 19.3 Å². The van der Waals surface area contributed by atoms with Crippen LogP contribution in [-0.2, 0) is 0 Å². The quantitative estimate of drug-likeness (QED) is 0.517. The number of aromatic nitrogens is 2. The summed E-state index contributed by atoms with van der Waals surface area (Å²) in [5, 5.41) is 17.6. The van der Waals surface area contributed by atoms with Crippen LogP contribution in [-0.4, -0.2) is 20.3 Å². The largest absolute Gasteiger partial charge is 0.503 e. The number of anilines is 1. The van der Waals surface area contributed by atoms with Crippen LogP contribution in [0.25, 0.3) is 0 Å². The molecule has 0 aromatic carbocycles. The van der Waals surface area contributed by atoms with Crippen molar-refractivity contribution in [2.75, 3.05) is 5.48 Å². The third-order valence-corrected chi connectivity index (χ3v) is 1.28. The molecule has 0 atom stereocenters. The number of aryl methyl sites for hydroxylation is 2. The van der Waals surface area contributed by atoms with Crippen molar-refractivity contribution in [3.05, 3.63) is 11.5 Å². The minimum absolute atomic E-state index is 0.0370. The molecular formula is C6H9N3O2. The first-order valence-corrected chi connectivity index (χ1v) is 3.09. The third-order valence-electron chi connectivity index (χ3n) is 1.28. The van der Waals surface area contributed by atoms with Gasteiger partial charge in [-0.05, 0) is 13.8 Å². The second kappa shape index (κ2) is 2.71. The molecule has 0 saturated heterocycles. The Balaban J connectivity index is 3.24. The summed E-state index contributed by atoms with van der Waals surface area (Å²) < 4.78 is 0. The molecule has 1 heterocycles. The van der Waals surface area contributed by atoms with Crippen molar-refractivity contribution in [2.24, 2.45) is 0 Å². The second-order valence-corrected chi connectivity index (χ2v) is 2.17. The van der Waals surface area contributed by atoms with E-state index in [0.29, 0.717) is 11.5 Å². The van der Waals surface area contributed by atoms with Gasteiger partial charge in [-0.25, -0.2) is 15.4 Å². The van der Waals surface area contributed by atoms with Gasteiger partial charge in [0.1, 0.15) is 5.82 Å². The minimum Gasteiger partial charge on any atom is -0.503 e. The SMILES string of the molecule is Cc1nc(C)c(O)c(NO)n1. The van der Waals surface area contributed by atoms with Gasteiger partial charge in [0.2, 0.25) is 0 Å². The van der Waals surface area contributed by atoms with Crippen LogP contribution < -0.4 is 5.48 Å². The average Bonchev–Trinajstić information content (AvgIpc) is 1.96. The lowest BCUT2D eigenvalue weighted by Crippen LogP contribution is -1.99. The van der Waals surface area contributed by atoms with Gasteiger partial charge in [-0.2, -0.15) is 0 Å². The van der Waals surface area contributed by atoms with E-state index < -0.39 is 0 Å². The van der Waals surface area contributed by atoms with Crippen LogP contribution in [0.5, 0.6) is 5.75 Å². The van der Waals surface area contributed by atoms with Crippen molar-refractivity contribution in [2.45, 2.75) is 13.8 Å². The highest BCUT2D eigenvalue weighted by Gasteiger charge is 2.06. The van der Waals surface area contributed by atoms with Gasteiger partial charge in [0.05, 0.1) is 5.69 Å². The molecule has 0 saturated carbocycles. The summed E-state index contributed by atoms with van der Waals surface area (Å²) in [5.74, 6) is 0.407. The summed E-state index contributed by atoms with van der Waals surface area (Å²) in [4.78, 5) is 7.60. The molecule has 11 heavy (non-hydrogen) atoms. The van der Waals surface area contributed by atoms with E-state index in [1.807, 2.05) is 0 Å². The molecule has 0 radical (unpaired) electrons. The van der Waals surface area contributed by atoms with Crippen molar-refractivity contribution in [3.8, 4) is 5.75 Å². The molecule has 0 aliphatic carbocycles. The highest BCUT2D eigenvalue weighted by atomic mass is 16.5. The Labute approximate surface area is 63.7 Å². The van der Waals surface area contributed by atoms with E-state index in [2.05, 4.69) is 9.97 Å².